The Morgan fingerprint density at radius 1 is 1.21 bits per heavy atom. The number of rotatable bonds is 6. The van der Waals surface area contributed by atoms with Crippen LogP contribution in [0.4, 0.5) is 0 Å². The molecule has 0 spiro atoms. The van der Waals surface area contributed by atoms with E-state index in [-0.39, 0.29) is 6.04 Å². The van der Waals surface area contributed by atoms with E-state index in [4.69, 9.17) is 10.5 Å². The van der Waals surface area contributed by atoms with Crippen molar-refractivity contribution < 1.29 is 4.74 Å². The third-order valence-electron chi connectivity index (χ3n) is 2.55. The van der Waals surface area contributed by atoms with Gasteiger partial charge in [0, 0.05) is 24.2 Å². The maximum absolute atomic E-state index is 6.15. The quantitative estimate of drug-likeness (QED) is 0.648. The van der Waals surface area contributed by atoms with Crippen LogP contribution >= 0.6 is 11.8 Å². The van der Waals surface area contributed by atoms with E-state index in [0.717, 1.165) is 22.2 Å². The van der Waals surface area contributed by atoms with Crippen LogP contribution in [-0.2, 0) is 0 Å². The SMILES string of the molecule is CCOc1ccc(C(N)CSc2ncccn2)cc1. The number of nitrogens with zero attached hydrogens (tertiary/aromatic N) is 2. The molecule has 100 valence electrons. The third-order valence-corrected chi connectivity index (χ3v) is 3.55. The minimum absolute atomic E-state index is 0.0375. The molecule has 5 heteroatoms. The van der Waals surface area contributed by atoms with E-state index < -0.39 is 0 Å². The molecule has 19 heavy (non-hydrogen) atoms. The first-order valence-corrected chi connectivity index (χ1v) is 7.16. The fourth-order valence-electron chi connectivity index (χ4n) is 1.60. The van der Waals surface area contributed by atoms with Crippen molar-refractivity contribution in [1.29, 1.82) is 0 Å². The summed E-state index contributed by atoms with van der Waals surface area (Å²) in [6.07, 6.45) is 3.47. The van der Waals surface area contributed by atoms with Crippen LogP contribution in [0.5, 0.6) is 5.75 Å². The minimum Gasteiger partial charge on any atom is -0.494 e. The van der Waals surface area contributed by atoms with E-state index in [2.05, 4.69) is 9.97 Å². The standard InChI is InChI=1S/C14H17N3OS/c1-2-18-12-6-4-11(5-7-12)13(15)10-19-14-16-8-3-9-17-14/h3-9,13H,2,10,15H2,1H3. The Hall–Kier alpha value is -1.59. The molecular weight excluding hydrogens is 258 g/mol. The first-order valence-electron chi connectivity index (χ1n) is 6.17. The van der Waals surface area contributed by atoms with Gasteiger partial charge >= 0.3 is 0 Å². The van der Waals surface area contributed by atoms with Crippen LogP contribution in [0.1, 0.15) is 18.5 Å². The molecule has 1 heterocycles. The Labute approximate surface area is 117 Å². The summed E-state index contributed by atoms with van der Waals surface area (Å²) in [6.45, 7) is 2.64. The van der Waals surface area contributed by atoms with E-state index in [9.17, 15) is 0 Å². The summed E-state index contributed by atoms with van der Waals surface area (Å²) in [5.41, 5.74) is 7.24. The van der Waals surface area contributed by atoms with Gasteiger partial charge in [-0.1, -0.05) is 23.9 Å². The Bertz CT molecular complexity index is 490. The predicted octanol–water partition coefficient (Wildman–Crippen LogP) is 2.67. The zero-order valence-corrected chi connectivity index (χ0v) is 11.6. The van der Waals surface area contributed by atoms with Gasteiger partial charge in [-0.05, 0) is 30.7 Å². The maximum Gasteiger partial charge on any atom is 0.187 e. The van der Waals surface area contributed by atoms with Gasteiger partial charge in [-0.25, -0.2) is 9.97 Å². The van der Waals surface area contributed by atoms with Gasteiger partial charge in [0.05, 0.1) is 6.61 Å². The van der Waals surface area contributed by atoms with Gasteiger partial charge in [-0.15, -0.1) is 0 Å². The topological polar surface area (TPSA) is 61.0 Å². The summed E-state index contributed by atoms with van der Waals surface area (Å²) in [7, 11) is 0. The molecule has 0 bridgehead atoms. The molecule has 1 aromatic carbocycles. The van der Waals surface area contributed by atoms with Crippen molar-refractivity contribution in [1.82, 2.24) is 9.97 Å². The second kappa shape index (κ2) is 7.11. The number of benzene rings is 1. The van der Waals surface area contributed by atoms with Crippen molar-refractivity contribution in [3.63, 3.8) is 0 Å². The molecule has 2 rings (SSSR count). The van der Waals surface area contributed by atoms with Gasteiger partial charge in [0.15, 0.2) is 5.16 Å². The monoisotopic (exact) mass is 275 g/mol. The lowest BCUT2D eigenvalue weighted by atomic mass is 10.1. The van der Waals surface area contributed by atoms with Crippen LogP contribution in [0.15, 0.2) is 47.9 Å². The minimum atomic E-state index is -0.0375. The molecule has 0 fully saturated rings. The van der Waals surface area contributed by atoms with Gasteiger partial charge in [0.2, 0.25) is 0 Å². The van der Waals surface area contributed by atoms with E-state index in [0.29, 0.717) is 6.61 Å². The zero-order valence-electron chi connectivity index (χ0n) is 10.8. The highest BCUT2D eigenvalue weighted by Gasteiger charge is 2.08. The van der Waals surface area contributed by atoms with Crippen molar-refractivity contribution >= 4 is 11.8 Å². The third kappa shape index (κ3) is 4.22. The van der Waals surface area contributed by atoms with Crippen LogP contribution in [0.2, 0.25) is 0 Å². The Morgan fingerprint density at radius 3 is 2.53 bits per heavy atom. The van der Waals surface area contributed by atoms with Crippen molar-refractivity contribution in [3.05, 3.63) is 48.3 Å². The van der Waals surface area contributed by atoms with Crippen molar-refractivity contribution in [2.75, 3.05) is 12.4 Å². The van der Waals surface area contributed by atoms with Crippen LogP contribution in [0.25, 0.3) is 0 Å². The van der Waals surface area contributed by atoms with Gasteiger partial charge in [-0.2, -0.15) is 0 Å². The van der Waals surface area contributed by atoms with E-state index >= 15 is 0 Å². The summed E-state index contributed by atoms with van der Waals surface area (Å²) in [6, 6.07) is 9.66. The van der Waals surface area contributed by atoms with Crippen molar-refractivity contribution in [2.45, 2.75) is 18.1 Å². The molecular formula is C14H17N3OS. The fraction of sp³-hybridized carbons (Fsp3) is 0.286. The van der Waals surface area contributed by atoms with Gasteiger partial charge in [0.25, 0.3) is 0 Å². The second-order valence-electron chi connectivity index (χ2n) is 3.95. The normalized spacial score (nSPS) is 12.1. The van der Waals surface area contributed by atoms with Gasteiger partial charge < -0.3 is 10.5 Å². The van der Waals surface area contributed by atoms with Crippen molar-refractivity contribution in [2.24, 2.45) is 5.73 Å². The number of ether oxygens (including phenoxy) is 1. The molecule has 1 unspecified atom stereocenters. The van der Waals surface area contributed by atoms with Crippen LogP contribution in [-0.4, -0.2) is 22.3 Å². The molecule has 0 aliphatic heterocycles. The molecule has 0 amide bonds. The molecule has 0 radical (unpaired) electrons. The largest absolute Gasteiger partial charge is 0.494 e. The zero-order chi connectivity index (χ0) is 13.5. The fourth-order valence-corrected chi connectivity index (χ4v) is 2.39. The number of hydrogen-bond acceptors (Lipinski definition) is 5. The first-order chi connectivity index (χ1) is 9.29. The Balaban J connectivity index is 1.90. The van der Waals surface area contributed by atoms with Crippen LogP contribution in [0.3, 0.4) is 0 Å². The first kappa shape index (κ1) is 13.8. The number of aromatic nitrogens is 2. The molecule has 2 N–H and O–H groups in total. The molecule has 0 aliphatic rings. The second-order valence-corrected chi connectivity index (χ2v) is 4.94. The van der Waals surface area contributed by atoms with Gasteiger partial charge in [0.1, 0.15) is 5.75 Å². The highest BCUT2D eigenvalue weighted by atomic mass is 32.2. The Kier molecular flexibility index (Phi) is 5.18. The average Bonchev–Trinajstić information content (AvgIpc) is 2.47. The highest BCUT2D eigenvalue weighted by Crippen LogP contribution is 2.22. The lowest BCUT2D eigenvalue weighted by Crippen LogP contribution is -2.13. The molecule has 0 saturated heterocycles. The molecule has 1 aromatic heterocycles. The number of hydrogen-bond donors (Lipinski definition) is 1. The Morgan fingerprint density at radius 2 is 1.89 bits per heavy atom. The lowest BCUT2D eigenvalue weighted by molar-refractivity contribution is 0.340. The number of nitrogens with two attached hydrogens (primary N) is 1. The molecule has 0 saturated carbocycles. The van der Waals surface area contributed by atoms with Crippen LogP contribution < -0.4 is 10.5 Å². The summed E-state index contributed by atoms with van der Waals surface area (Å²) in [5.74, 6) is 1.62. The molecule has 4 nitrogen and oxygen atoms in total. The van der Waals surface area contributed by atoms with Crippen molar-refractivity contribution in [3.8, 4) is 5.75 Å². The van der Waals surface area contributed by atoms with E-state index in [1.165, 1.54) is 0 Å². The predicted molar refractivity (Wildman–Crippen MR) is 77.3 cm³/mol. The summed E-state index contributed by atoms with van der Waals surface area (Å²) < 4.78 is 5.40. The smallest absolute Gasteiger partial charge is 0.187 e. The highest BCUT2D eigenvalue weighted by molar-refractivity contribution is 7.99. The number of thioether (sulfide) groups is 1. The summed E-state index contributed by atoms with van der Waals surface area (Å²) in [4.78, 5) is 8.32. The van der Waals surface area contributed by atoms with Crippen LogP contribution in [0, 0.1) is 0 Å². The maximum atomic E-state index is 6.15. The summed E-state index contributed by atoms with van der Waals surface area (Å²) in [5, 5.41) is 0.754. The lowest BCUT2D eigenvalue weighted by Gasteiger charge is -2.11. The van der Waals surface area contributed by atoms with E-state index in [1.54, 1.807) is 30.2 Å². The molecule has 2 aromatic rings. The summed E-state index contributed by atoms with van der Waals surface area (Å²) >= 11 is 1.56. The van der Waals surface area contributed by atoms with E-state index in [1.807, 2.05) is 31.2 Å². The molecule has 1 atom stereocenters. The molecule has 0 aliphatic carbocycles. The van der Waals surface area contributed by atoms with Gasteiger partial charge in [-0.3, -0.25) is 0 Å². The average molecular weight is 275 g/mol.